The van der Waals surface area contributed by atoms with E-state index in [1.165, 1.54) is 12.1 Å². The Labute approximate surface area is 170 Å². The molecule has 0 bridgehead atoms. The Morgan fingerprint density at radius 2 is 1.71 bits per heavy atom. The van der Waals surface area contributed by atoms with Crippen molar-refractivity contribution < 1.29 is 21.8 Å². The molecule has 0 N–H and O–H groups in total. The van der Waals surface area contributed by atoms with Crippen LogP contribution in [-0.4, -0.2) is 31.6 Å². The number of carbonyl (C=O) groups excluding carboxylic acids is 1. The number of hydrogen-bond acceptors (Lipinski definition) is 4. The first kappa shape index (κ1) is 22.2. The molecule has 8 heteroatoms. The minimum atomic E-state index is -4.05. The summed E-state index contributed by atoms with van der Waals surface area (Å²) < 4.78 is 42.5. The highest BCUT2D eigenvalue weighted by Gasteiger charge is 2.18. The second-order valence-corrected chi connectivity index (χ2v) is 8.67. The van der Waals surface area contributed by atoms with Crippen molar-refractivity contribution in [3.8, 4) is 5.75 Å². The normalized spacial score (nSPS) is 11.5. The molecular weight excluding hydrogens is 405 g/mol. The van der Waals surface area contributed by atoms with Crippen LogP contribution in [0.2, 0.25) is 0 Å². The summed E-state index contributed by atoms with van der Waals surface area (Å²) in [7, 11) is -4.05. The zero-order valence-electron chi connectivity index (χ0n) is 15.8. The molecule has 0 aromatic heterocycles. The molecule has 0 fully saturated rings. The van der Waals surface area contributed by atoms with Crippen molar-refractivity contribution >= 4 is 27.6 Å². The van der Waals surface area contributed by atoms with Gasteiger partial charge in [-0.25, -0.2) is 4.39 Å². The van der Waals surface area contributed by atoms with Gasteiger partial charge in [-0.1, -0.05) is 26.0 Å². The maximum Gasteiger partial charge on any atom is 0.339 e. The second-order valence-electron chi connectivity index (χ2n) is 6.74. The quantitative estimate of drug-likeness (QED) is 0.444. The highest BCUT2D eigenvalue weighted by Crippen LogP contribution is 2.20. The third-order valence-corrected chi connectivity index (χ3v) is 5.30. The molecule has 28 heavy (non-hydrogen) atoms. The average molecular weight is 428 g/mol. The van der Waals surface area contributed by atoms with Gasteiger partial charge in [0.15, 0.2) is 0 Å². The molecule has 0 aliphatic rings. The molecule has 0 aliphatic heterocycles. The third-order valence-electron chi connectivity index (χ3n) is 3.85. The van der Waals surface area contributed by atoms with Gasteiger partial charge in [-0.2, -0.15) is 8.42 Å². The van der Waals surface area contributed by atoms with E-state index in [-0.39, 0.29) is 28.9 Å². The van der Waals surface area contributed by atoms with Gasteiger partial charge >= 0.3 is 10.1 Å². The van der Waals surface area contributed by atoms with Gasteiger partial charge in [0.1, 0.15) is 16.5 Å². The molecular formula is C20H23ClFNO4S. The van der Waals surface area contributed by atoms with Crippen LogP contribution in [0.1, 0.15) is 25.8 Å². The first-order valence-electron chi connectivity index (χ1n) is 8.84. The number of amides is 1. The summed E-state index contributed by atoms with van der Waals surface area (Å²) in [6.07, 6.45) is 0.269. The van der Waals surface area contributed by atoms with E-state index in [4.69, 9.17) is 15.8 Å². The zero-order valence-corrected chi connectivity index (χ0v) is 17.3. The topological polar surface area (TPSA) is 63.7 Å². The molecule has 0 radical (unpaired) electrons. The van der Waals surface area contributed by atoms with E-state index in [1.54, 1.807) is 17.0 Å². The number of hydrogen-bond donors (Lipinski definition) is 0. The third kappa shape index (κ3) is 6.49. The molecule has 0 aliphatic carbocycles. The van der Waals surface area contributed by atoms with E-state index >= 15 is 0 Å². The summed E-state index contributed by atoms with van der Waals surface area (Å²) in [6.45, 7) is 5.06. The highest BCUT2D eigenvalue weighted by atomic mass is 35.5. The maximum absolute atomic E-state index is 13.0. The fourth-order valence-electron chi connectivity index (χ4n) is 2.58. The Hall–Kier alpha value is -2.12. The second kappa shape index (κ2) is 9.89. The molecule has 0 unspecified atom stereocenters. The van der Waals surface area contributed by atoms with Gasteiger partial charge in [-0.05, 0) is 47.9 Å². The van der Waals surface area contributed by atoms with Gasteiger partial charge < -0.3 is 9.08 Å². The Kier molecular flexibility index (Phi) is 7.83. The zero-order chi connectivity index (χ0) is 20.7. The molecule has 2 rings (SSSR count). The van der Waals surface area contributed by atoms with Crippen molar-refractivity contribution in [1.29, 1.82) is 0 Å². The summed E-state index contributed by atoms with van der Waals surface area (Å²) in [6, 6.07) is 10.9. The summed E-state index contributed by atoms with van der Waals surface area (Å²) in [5.41, 5.74) is 0.843. The standard InChI is InChI=1S/C20H23ClFNO4S/c1-15(2)13-23(20(24)11-12-21)14-16-3-7-18(8-4-16)27-28(25,26)19-9-5-17(22)6-10-19/h3-10,15H,11-14H2,1-2H3. The first-order valence-corrected chi connectivity index (χ1v) is 10.8. The Balaban J connectivity index is 2.09. The van der Waals surface area contributed by atoms with E-state index < -0.39 is 15.9 Å². The molecule has 0 atom stereocenters. The van der Waals surface area contributed by atoms with Crippen LogP contribution in [0.3, 0.4) is 0 Å². The molecule has 2 aromatic carbocycles. The van der Waals surface area contributed by atoms with Gasteiger partial charge in [0.25, 0.3) is 0 Å². The fraction of sp³-hybridized carbons (Fsp3) is 0.350. The molecule has 5 nitrogen and oxygen atoms in total. The van der Waals surface area contributed by atoms with E-state index in [0.717, 1.165) is 29.8 Å². The van der Waals surface area contributed by atoms with Gasteiger partial charge in [-0.15, -0.1) is 11.6 Å². The smallest absolute Gasteiger partial charge is 0.339 e. The molecule has 0 saturated carbocycles. The molecule has 0 heterocycles. The van der Waals surface area contributed by atoms with Crippen LogP contribution in [-0.2, 0) is 21.5 Å². The minimum Gasteiger partial charge on any atom is -0.379 e. The van der Waals surface area contributed by atoms with Crippen molar-refractivity contribution in [2.75, 3.05) is 12.4 Å². The van der Waals surface area contributed by atoms with Crippen molar-refractivity contribution in [1.82, 2.24) is 4.90 Å². The van der Waals surface area contributed by atoms with Crippen molar-refractivity contribution in [2.45, 2.75) is 31.7 Å². The van der Waals surface area contributed by atoms with Crippen molar-refractivity contribution in [3.63, 3.8) is 0 Å². The lowest BCUT2D eigenvalue weighted by atomic mass is 10.1. The SMILES string of the molecule is CC(C)CN(Cc1ccc(OS(=O)(=O)c2ccc(F)cc2)cc1)C(=O)CCCl. The van der Waals surface area contributed by atoms with Crippen LogP contribution in [0.15, 0.2) is 53.4 Å². The lowest BCUT2D eigenvalue weighted by Gasteiger charge is -2.24. The predicted molar refractivity (Wildman–Crippen MR) is 106 cm³/mol. The number of alkyl halides is 1. The monoisotopic (exact) mass is 427 g/mol. The van der Waals surface area contributed by atoms with Crippen LogP contribution < -0.4 is 4.18 Å². The van der Waals surface area contributed by atoms with Crippen molar-refractivity contribution in [3.05, 3.63) is 59.9 Å². The van der Waals surface area contributed by atoms with Crippen LogP contribution in [0.5, 0.6) is 5.75 Å². The highest BCUT2D eigenvalue weighted by molar-refractivity contribution is 7.87. The number of nitrogens with zero attached hydrogens (tertiary/aromatic N) is 1. The Morgan fingerprint density at radius 3 is 2.25 bits per heavy atom. The van der Waals surface area contributed by atoms with Crippen LogP contribution in [0.4, 0.5) is 4.39 Å². The van der Waals surface area contributed by atoms with Gasteiger partial charge in [0.2, 0.25) is 5.91 Å². The van der Waals surface area contributed by atoms with E-state index in [2.05, 4.69) is 0 Å². The Morgan fingerprint density at radius 1 is 1.11 bits per heavy atom. The molecule has 2 aromatic rings. The number of carbonyl (C=O) groups is 1. The molecule has 0 spiro atoms. The summed E-state index contributed by atoms with van der Waals surface area (Å²) in [5, 5.41) is 0. The summed E-state index contributed by atoms with van der Waals surface area (Å²) in [4.78, 5) is 13.8. The first-order chi connectivity index (χ1) is 13.2. The average Bonchev–Trinajstić information content (AvgIpc) is 2.62. The number of benzene rings is 2. The van der Waals surface area contributed by atoms with E-state index in [1.807, 2.05) is 13.8 Å². The van der Waals surface area contributed by atoms with E-state index in [0.29, 0.717) is 19.0 Å². The molecule has 152 valence electrons. The lowest BCUT2D eigenvalue weighted by Crippen LogP contribution is -2.33. The van der Waals surface area contributed by atoms with E-state index in [9.17, 15) is 17.6 Å². The van der Waals surface area contributed by atoms with Crippen LogP contribution >= 0.6 is 11.6 Å². The lowest BCUT2D eigenvalue weighted by molar-refractivity contribution is -0.131. The Bertz CT molecular complexity index is 883. The number of rotatable bonds is 9. The molecule has 1 amide bonds. The maximum atomic E-state index is 13.0. The van der Waals surface area contributed by atoms with Crippen molar-refractivity contribution in [2.24, 2.45) is 5.92 Å². The fourth-order valence-corrected chi connectivity index (χ4v) is 3.67. The molecule has 0 saturated heterocycles. The number of halogens is 2. The largest absolute Gasteiger partial charge is 0.379 e. The summed E-state index contributed by atoms with van der Waals surface area (Å²) in [5.74, 6) is 0.153. The predicted octanol–water partition coefficient (Wildman–Crippen LogP) is 4.21. The van der Waals surface area contributed by atoms with Gasteiger partial charge in [0, 0.05) is 25.4 Å². The van der Waals surface area contributed by atoms with Gasteiger partial charge in [-0.3, -0.25) is 4.79 Å². The van der Waals surface area contributed by atoms with Gasteiger partial charge in [0.05, 0.1) is 0 Å². The van der Waals surface area contributed by atoms with Crippen LogP contribution in [0, 0.1) is 11.7 Å². The summed E-state index contributed by atoms with van der Waals surface area (Å²) >= 11 is 5.68. The minimum absolute atomic E-state index is 0.0251. The van der Waals surface area contributed by atoms with Crippen LogP contribution in [0.25, 0.3) is 0 Å².